The highest BCUT2D eigenvalue weighted by atomic mass is 32.1. The summed E-state index contributed by atoms with van der Waals surface area (Å²) in [7, 11) is 0. The van der Waals surface area contributed by atoms with Gasteiger partial charge in [0.15, 0.2) is 5.58 Å². The van der Waals surface area contributed by atoms with Gasteiger partial charge in [0.25, 0.3) is 0 Å². The quantitative estimate of drug-likeness (QED) is 0.196. The van der Waals surface area contributed by atoms with Crippen LogP contribution in [-0.2, 0) is 0 Å². The van der Waals surface area contributed by atoms with Crippen molar-refractivity contribution in [3.8, 4) is 11.4 Å². The average Bonchev–Trinajstić information content (AvgIpc) is 3.86. The average molecular weight is 606 g/mol. The first-order valence-electron chi connectivity index (χ1n) is 15.5. The Bertz CT molecular complexity index is 3030. The first-order chi connectivity index (χ1) is 22.8. The number of fused-ring (bicyclic) bond motifs is 14. The van der Waals surface area contributed by atoms with Crippen molar-refractivity contribution in [1.82, 2.24) is 14.1 Å². The van der Waals surface area contributed by atoms with Gasteiger partial charge in [0.2, 0.25) is 0 Å². The van der Waals surface area contributed by atoms with Crippen LogP contribution in [0.4, 0.5) is 0 Å². The van der Waals surface area contributed by atoms with E-state index < -0.39 is 0 Å². The topological polar surface area (TPSA) is 35.9 Å². The van der Waals surface area contributed by atoms with Crippen LogP contribution in [0.1, 0.15) is 0 Å². The van der Waals surface area contributed by atoms with Gasteiger partial charge in [-0.3, -0.25) is 4.98 Å². The molecule has 0 aliphatic heterocycles. The molecule has 0 radical (unpaired) electrons. The van der Waals surface area contributed by atoms with Gasteiger partial charge in [0, 0.05) is 70.6 Å². The molecule has 0 spiro atoms. The number of aromatic nitrogens is 3. The van der Waals surface area contributed by atoms with Gasteiger partial charge in [-0.1, -0.05) is 78.9 Å². The van der Waals surface area contributed by atoms with Crippen LogP contribution < -0.4 is 0 Å². The molecular weight excluding hydrogens is 583 g/mol. The summed E-state index contributed by atoms with van der Waals surface area (Å²) in [6.07, 6.45) is 3.89. The van der Waals surface area contributed by atoms with Crippen LogP contribution in [0.15, 0.2) is 144 Å². The molecule has 0 fully saturated rings. The molecule has 0 saturated heterocycles. The van der Waals surface area contributed by atoms with Gasteiger partial charge in [0.1, 0.15) is 5.58 Å². The van der Waals surface area contributed by atoms with Crippen LogP contribution >= 0.6 is 11.3 Å². The molecule has 5 aromatic heterocycles. The number of hydrogen-bond acceptors (Lipinski definition) is 3. The zero-order valence-electron chi connectivity index (χ0n) is 24.4. The zero-order valence-corrected chi connectivity index (χ0v) is 25.3. The van der Waals surface area contributed by atoms with Crippen LogP contribution in [0, 0.1) is 0 Å². The molecule has 46 heavy (non-hydrogen) atoms. The molecule has 4 nitrogen and oxygen atoms in total. The Morgan fingerprint density at radius 2 is 1.30 bits per heavy atom. The second-order valence-electron chi connectivity index (χ2n) is 11.9. The molecular formula is C41H23N3OS. The third kappa shape index (κ3) is 3.05. The molecule has 0 aliphatic carbocycles. The predicted octanol–water partition coefficient (Wildman–Crippen LogP) is 11.5. The maximum Gasteiger partial charge on any atom is 0.159 e. The van der Waals surface area contributed by atoms with Crippen molar-refractivity contribution in [1.29, 1.82) is 0 Å². The maximum atomic E-state index is 6.60. The number of pyridine rings is 1. The monoisotopic (exact) mass is 605 g/mol. The molecule has 5 heterocycles. The Hall–Kier alpha value is -5.91. The molecule has 214 valence electrons. The van der Waals surface area contributed by atoms with Crippen LogP contribution in [-0.4, -0.2) is 14.1 Å². The molecule has 0 amide bonds. The summed E-state index contributed by atoms with van der Waals surface area (Å²) in [6, 6.07) is 45.6. The number of rotatable bonds is 2. The van der Waals surface area contributed by atoms with E-state index in [9.17, 15) is 0 Å². The van der Waals surface area contributed by atoms with Crippen molar-refractivity contribution >= 4 is 97.1 Å². The number of thiophene rings is 1. The van der Waals surface area contributed by atoms with E-state index >= 15 is 0 Å². The van der Waals surface area contributed by atoms with E-state index in [1.807, 2.05) is 29.8 Å². The van der Waals surface area contributed by atoms with E-state index in [0.29, 0.717) is 0 Å². The SMILES string of the molecule is c1ccc(-n2c3ccccc3c3c4sc5ccc6c7cnccc7n(-c7cccc8c7oc7ccccc78)c6c5c4ccc32)cc1. The highest BCUT2D eigenvalue weighted by Crippen LogP contribution is 2.48. The highest BCUT2D eigenvalue weighted by Gasteiger charge is 2.23. The van der Waals surface area contributed by atoms with Crippen molar-refractivity contribution in [2.24, 2.45) is 0 Å². The van der Waals surface area contributed by atoms with Crippen LogP contribution in [0.5, 0.6) is 0 Å². The van der Waals surface area contributed by atoms with Gasteiger partial charge in [-0.25, -0.2) is 0 Å². The van der Waals surface area contributed by atoms with Crippen LogP contribution in [0.25, 0.3) is 97.1 Å². The molecule has 0 N–H and O–H groups in total. The van der Waals surface area contributed by atoms with Crippen molar-refractivity contribution in [2.45, 2.75) is 0 Å². The molecule has 0 atom stereocenters. The summed E-state index contributed by atoms with van der Waals surface area (Å²) in [5, 5.41) is 9.67. The lowest BCUT2D eigenvalue weighted by molar-refractivity contribution is 0.666. The largest absolute Gasteiger partial charge is 0.454 e. The number of para-hydroxylation sites is 4. The summed E-state index contributed by atoms with van der Waals surface area (Å²) in [5.74, 6) is 0. The van der Waals surface area contributed by atoms with E-state index in [1.54, 1.807) is 0 Å². The van der Waals surface area contributed by atoms with Crippen molar-refractivity contribution in [3.05, 3.63) is 140 Å². The Labute approximate surface area is 265 Å². The summed E-state index contributed by atoms with van der Waals surface area (Å²) >= 11 is 1.88. The summed E-state index contributed by atoms with van der Waals surface area (Å²) in [5.41, 5.74) is 8.74. The summed E-state index contributed by atoms with van der Waals surface area (Å²) in [6.45, 7) is 0. The third-order valence-electron chi connectivity index (χ3n) is 9.60. The van der Waals surface area contributed by atoms with Gasteiger partial charge in [-0.15, -0.1) is 11.3 Å². The third-order valence-corrected chi connectivity index (χ3v) is 10.8. The molecule has 6 aromatic carbocycles. The first kappa shape index (κ1) is 24.4. The molecule has 11 rings (SSSR count). The van der Waals surface area contributed by atoms with Crippen molar-refractivity contribution < 1.29 is 4.42 Å². The molecule has 0 unspecified atom stereocenters. The van der Waals surface area contributed by atoms with Crippen LogP contribution in [0.2, 0.25) is 0 Å². The molecule has 5 heteroatoms. The van der Waals surface area contributed by atoms with E-state index in [1.165, 1.54) is 58.6 Å². The smallest absolute Gasteiger partial charge is 0.159 e. The minimum Gasteiger partial charge on any atom is -0.454 e. The summed E-state index contributed by atoms with van der Waals surface area (Å²) < 4.78 is 14.0. The second kappa shape index (κ2) is 8.84. The van der Waals surface area contributed by atoms with Gasteiger partial charge in [-0.2, -0.15) is 0 Å². The van der Waals surface area contributed by atoms with Gasteiger partial charge in [0.05, 0.1) is 27.8 Å². The summed E-state index contributed by atoms with van der Waals surface area (Å²) in [4.78, 5) is 4.57. The normalized spacial score (nSPS) is 12.3. The Morgan fingerprint density at radius 1 is 0.522 bits per heavy atom. The van der Waals surface area contributed by atoms with Gasteiger partial charge >= 0.3 is 0 Å². The van der Waals surface area contributed by atoms with Gasteiger partial charge in [-0.05, 0) is 48.5 Å². The Kier molecular flexibility index (Phi) is 4.69. The molecule has 11 aromatic rings. The molecule has 0 saturated carbocycles. The van der Waals surface area contributed by atoms with Gasteiger partial charge < -0.3 is 13.6 Å². The lowest BCUT2D eigenvalue weighted by atomic mass is 10.1. The lowest BCUT2D eigenvalue weighted by Crippen LogP contribution is -1.95. The fraction of sp³-hybridized carbons (Fsp3) is 0. The maximum absolute atomic E-state index is 6.60. The number of furan rings is 1. The van der Waals surface area contributed by atoms with E-state index in [0.717, 1.165) is 38.5 Å². The minimum atomic E-state index is 0.893. The number of hydrogen-bond donors (Lipinski definition) is 0. The molecule has 0 bridgehead atoms. The minimum absolute atomic E-state index is 0.893. The standard InChI is InChI=1S/C41H23N3OS/c1-2-9-24(10-3-1)43-31-14-6-4-12-28(31)37-33(43)19-17-29-38-36(46-41(29)37)20-18-26-30-23-42-22-21-32(30)44(39(26)38)34-15-8-13-27-25-11-5-7-16-35(25)45-40(27)34/h1-23H. The van der Waals surface area contributed by atoms with E-state index in [-0.39, 0.29) is 0 Å². The number of nitrogens with zero attached hydrogens (tertiary/aromatic N) is 3. The molecule has 0 aliphatic rings. The fourth-order valence-corrected chi connectivity index (χ4v) is 8.99. The van der Waals surface area contributed by atoms with Crippen LogP contribution in [0.3, 0.4) is 0 Å². The fourth-order valence-electron chi connectivity index (χ4n) is 7.73. The zero-order chi connectivity index (χ0) is 29.9. The van der Waals surface area contributed by atoms with Crippen molar-refractivity contribution in [3.63, 3.8) is 0 Å². The predicted molar refractivity (Wildman–Crippen MR) is 193 cm³/mol. The van der Waals surface area contributed by atoms with E-state index in [2.05, 4.69) is 135 Å². The first-order valence-corrected chi connectivity index (χ1v) is 16.3. The van der Waals surface area contributed by atoms with Crippen molar-refractivity contribution in [2.75, 3.05) is 0 Å². The Morgan fingerprint density at radius 3 is 2.24 bits per heavy atom. The number of benzene rings is 6. The lowest BCUT2D eigenvalue weighted by Gasteiger charge is -2.10. The highest BCUT2D eigenvalue weighted by molar-refractivity contribution is 7.27. The second-order valence-corrected chi connectivity index (χ2v) is 13.0. The van der Waals surface area contributed by atoms with E-state index in [4.69, 9.17) is 4.42 Å². The Balaban J connectivity index is 1.33.